The fraction of sp³-hybridized carbons (Fsp3) is 0.625. The van der Waals surface area contributed by atoms with Crippen LogP contribution >= 0.6 is 0 Å². The van der Waals surface area contributed by atoms with Crippen LogP contribution in [0.5, 0.6) is 0 Å². The minimum Gasteiger partial charge on any atom is -0.370 e. The number of nitrogens with zero attached hydrogens (tertiary/aromatic N) is 2. The molecule has 0 bridgehead atoms. The summed E-state index contributed by atoms with van der Waals surface area (Å²) >= 11 is 0. The van der Waals surface area contributed by atoms with Gasteiger partial charge in [0, 0.05) is 31.4 Å². The van der Waals surface area contributed by atoms with Crippen molar-refractivity contribution >= 4 is 5.69 Å². The normalized spacial score (nSPS) is 12.8. The lowest BCUT2D eigenvalue weighted by molar-refractivity contribution is 0.412. The lowest BCUT2D eigenvalue weighted by atomic mass is 10.0. The zero-order valence-electron chi connectivity index (χ0n) is 13.2. The number of nitrogens with two attached hydrogens (primary N) is 1. The molecule has 114 valence electrons. The van der Waals surface area contributed by atoms with Gasteiger partial charge in [0.25, 0.3) is 0 Å². The Kier molecular flexibility index (Phi) is 6.96. The summed E-state index contributed by atoms with van der Waals surface area (Å²) in [6.45, 7) is 7.02. The van der Waals surface area contributed by atoms with E-state index in [1.807, 2.05) is 13.0 Å². The Labute approximate surface area is 122 Å². The van der Waals surface area contributed by atoms with Gasteiger partial charge in [0.05, 0.1) is 0 Å². The number of rotatable bonds is 8. The van der Waals surface area contributed by atoms with Gasteiger partial charge in [-0.3, -0.25) is 0 Å². The van der Waals surface area contributed by atoms with Crippen LogP contribution in [-0.4, -0.2) is 44.7 Å². The van der Waals surface area contributed by atoms with Crippen LogP contribution in [0.3, 0.4) is 0 Å². The summed E-state index contributed by atoms with van der Waals surface area (Å²) in [5.41, 5.74) is 8.02. The largest absolute Gasteiger partial charge is 0.370 e. The lowest BCUT2D eigenvalue weighted by Gasteiger charge is -2.28. The van der Waals surface area contributed by atoms with Crippen molar-refractivity contribution in [3.05, 3.63) is 29.6 Å². The van der Waals surface area contributed by atoms with Crippen molar-refractivity contribution in [2.75, 3.05) is 38.6 Å². The average Bonchev–Trinajstić information content (AvgIpc) is 2.34. The smallest absolute Gasteiger partial charge is 0.123 e. The van der Waals surface area contributed by atoms with E-state index in [0.29, 0.717) is 6.42 Å². The van der Waals surface area contributed by atoms with E-state index in [-0.39, 0.29) is 11.9 Å². The van der Waals surface area contributed by atoms with Gasteiger partial charge < -0.3 is 15.5 Å². The summed E-state index contributed by atoms with van der Waals surface area (Å²) < 4.78 is 13.5. The highest BCUT2D eigenvalue weighted by Crippen LogP contribution is 2.23. The second-order valence-corrected chi connectivity index (χ2v) is 5.74. The van der Waals surface area contributed by atoms with E-state index in [0.717, 1.165) is 37.3 Å². The summed E-state index contributed by atoms with van der Waals surface area (Å²) in [5, 5.41) is 0. The monoisotopic (exact) mass is 281 g/mol. The maximum atomic E-state index is 13.5. The molecule has 1 aromatic rings. The molecule has 0 amide bonds. The Bertz CT molecular complexity index is 405. The molecule has 1 atom stereocenters. The fourth-order valence-corrected chi connectivity index (χ4v) is 2.32. The molecule has 3 nitrogen and oxygen atoms in total. The zero-order valence-corrected chi connectivity index (χ0v) is 13.2. The van der Waals surface area contributed by atoms with Gasteiger partial charge in [-0.05, 0) is 57.6 Å². The summed E-state index contributed by atoms with van der Waals surface area (Å²) in [6, 6.07) is 5.08. The predicted molar refractivity (Wildman–Crippen MR) is 84.8 cm³/mol. The number of halogens is 1. The molecule has 2 N–H and O–H groups in total. The molecule has 0 saturated carbocycles. The topological polar surface area (TPSA) is 32.5 Å². The maximum absolute atomic E-state index is 13.5. The highest BCUT2D eigenvalue weighted by molar-refractivity contribution is 5.54. The van der Waals surface area contributed by atoms with Crippen LogP contribution in [0.15, 0.2) is 18.2 Å². The van der Waals surface area contributed by atoms with E-state index < -0.39 is 0 Å². The molecule has 0 fully saturated rings. The first-order valence-corrected chi connectivity index (χ1v) is 7.37. The molecule has 1 rings (SSSR count). The summed E-state index contributed by atoms with van der Waals surface area (Å²) in [5.74, 6) is -0.187. The number of benzene rings is 1. The van der Waals surface area contributed by atoms with Crippen LogP contribution in [0, 0.1) is 5.82 Å². The first-order chi connectivity index (χ1) is 9.43. The van der Waals surface area contributed by atoms with E-state index in [9.17, 15) is 4.39 Å². The van der Waals surface area contributed by atoms with Crippen molar-refractivity contribution in [1.29, 1.82) is 0 Å². The first-order valence-electron chi connectivity index (χ1n) is 7.37. The second kappa shape index (κ2) is 8.22. The average molecular weight is 281 g/mol. The highest BCUT2D eigenvalue weighted by atomic mass is 19.1. The SMILES string of the molecule is CCCN(CCN(C)C)c1ccc(F)cc1CC(C)N. The van der Waals surface area contributed by atoms with Crippen molar-refractivity contribution in [2.45, 2.75) is 32.7 Å². The molecule has 0 aliphatic rings. The van der Waals surface area contributed by atoms with Crippen molar-refractivity contribution < 1.29 is 4.39 Å². The van der Waals surface area contributed by atoms with E-state index in [4.69, 9.17) is 5.73 Å². The van der Waals surface area contributed by atoms with Crippen LogP contribution in [0.25, 0.3) is 0 Å². The van der Waals surface area contributed by atoms with Crippen molar-refractivity contribution in [2.24, 2.45) is 5.73 Å². The molecule has 1 aromatic carbocycles. The van der Waals surface area contributed by atoms with Crippen LogP contribution in [0.2, 0.25) is 0 Å². The van der Waals surface area contributed by atoms with Gasteiger partial charge in [-0.1, -0.05) is 6.92 Å². The Morgan fingerprint density at radius 2 is 1.90 bits per heavy atom. The number of likely N-dealkylation sites (N-methyl/N-ethyl adjacent to an activating group) is 1. The molecule has 1 unspecified atom stereocenters. The molecule has 0 aliphatic heterocycles. The van der Waals surface area contributed by atoms with Crippen molar-refractivity contribution in [3.63, 3.8) is 0 Å². The van der Waals surface area contributed by atoms with Gasteiger partial charge in [-0.2, -0.15) is 0 Å². The Hall–Kier alpha value is -1.13. The number of hydrogen-bond donors (Lipinski definition) is 1. The van der Waals surface area contributed by atoms with Gasteiger partial charge in [0.1, 0.15) is 5.82 Å². The van der Waals surface area contributed by atoms with E-state index >= 15 is 0 Å². The third-order valence-corrected chi connectivity index (χ3v) is 3.23. The van der Waals surface area contributed by atoms with Crippen LogP contribution in [0.1, 0.15) is 25.8 Å². The third kappa shape index (κ3) is 5.47. The first kappa shape index (κ1) is 16.9. The Balaban J connectivity index is 2.98. The fourth-order valence-electron chi connectivity index (χ4n) is 2.32. The summed E-state index contributed by atoms with van der Waals surface area (Å²) in [7, 11) is 4.13. The second-order valence-electron chi connectivity index (χ2n) is 5.74. The molecule has 20 heavy (non-hydrogen) atoms. The quantitative estimate of drug-likeness (QED) is 0.794. The Morgan fingerprint density at radius 1 is 1.20 bits per heavy atom. The minimum atomic E-state index is -0.187. The van der Waals surface area contributed by atoms with Gasteiger partial charge in [-0.15, -0.1) is 0 Å². The predicted octanol–water partition coefficient (Wildman–Crippen LogP) is 2.49. The molecular weight excluding hydrogens is 253 g/mol. The van der Waals surface area contributed by atoms with Gasteiger partial charge in [-0.25, -0.2) is 4.39 Å². The van der Waals surface area contributed by atoms with Gasteiger partial charge >= 0.3 is 0 Å². The molecule has 0 heterocycles. The van der Waals surface area contributed by atoms with E-state index in [1.165, 1.54) is 0 Å². The molecule has 0 spiro atoms. The minimum absolute atomic E-state index is 0.0351. The van der Waals surface area contributed by atoms with Crippen LogP contribution < -0.4 is 10.6 Å². The van der Waals surface area contributed by atoms with Crippen LogP contribution in [-0.2, 0) is 6.42 Å². The van der Waals surface area contributed by atoms with E-state index in [1.54, 1.807) is 12.1 Å². The number of hydrogen-bond acceptors (Lipinski definition) is 3. The summed E-state index contributed by atoms with van der Waals surface area (Å²) in [6.07, 6.45) is 1.78. The number of anilines is 1. The molecule has 0 aliphatic carbocycles. The standard InChI is InChI=1S/C16H28FN3/c1-5-8-20(10-9-19(3)4)16-7-6-15(17)12-14(16)11-13(2)18/h6-7,12-13H,5,8-11,18H2,1-4H3. The molecule has 4 heteroatoms. The summed E-state index contributed by atoms with van der Waals surface area (Å²) in [4.78, 5) is 4.49. The zero-order chi connectivity index (χ0) is 15.1. The van der Waals surface area contributed by atoms with Crippen molar-refractivity contribution in [3.8, 4) is 0 Å². The molecular formula is C16H28FN3. The Morgan fingerprint density at radius 3 is 2.45 bits per heavy atom. The maximum Gasteiger partial charge on any atom is 0.123 e. The van der Waals surface area contributed by atoms with Crippen LogP contribution in [0.4, 0.5) is 10.1 Å². The molecule has 0 saturated heterocycles. The third-order valence-electron chi connectivity index (χ3n) is 3.23. The molecule has 0 aromatic heterocycles. The van der Waals surface area contributed by atoms with Crippen molar-refractivity contribution in [1.82, 2.24) is 4.90 Å². The molecule has 0 radical (unpaired) electrons. The van der Waals surface area contributed by atoms with Gasteiger partial charge in [0.15, 0.2) is 0 Å². The van der Waals surface area contributed by atoms with E-state index in [2.05, 4.69) is 30.8 Å². The lowest BCUT2D eigenvalue weighted by Crippen LogP contribution is -2.33. The highest BCUT2D eigenvalue weighted by Gasteiger charge is 2.13. The van der Waals surface area contributed by atoms with Gasteiger partial charge in [0.2, 0.25) is 0 Å².